The van der Waals surface area contributed by atoms with Crippen molar-refractivity contribution in [1.82, 2.24) is 4.98 Å². The van der Waals surface area contributed by atoms with Gasteiger partial charge < -0.3 is 10.1 Å². The standard InChI is InChI=1S/C19H23N3O3S/c1-25-17-6-7-18(14-3-4-14)15(11-17)12-20-19-8-5-16(13-21-19)22-9-2-10-26(22,23)24/h5-8,11,13-14H,2-4,9-10,12H2,1H3,(H,20,21). The zero-order chi connectivity index (χ0) is 18.1. The maximum Gasteiger partial charge on any atom is 0.235 e. The van der Waals surface area contributed by atoms with Crippen LogP contribution < -0.4 is 14.4 Å². The van der Waals surface area contributed by atoms with Gasteiger partial charge in [-0.3, -0.25) is 4.31 Å². The molecular formula is C19H23N3O3S. The Hall–Kier alpha value is -2.28. The molecule has 4 rings (SSSR count). The van der Waals surface area contributed by atoms with Crippen LogP contribution >= 0.6 is 0 Å². The fourth-order valence-electron chi connectivity index (χ4n) is 3.41. The number of nitrogens with zero attached hydrogens (tertiary/aromatic N) is 2. The Morgan fingerprint density at radius 1 is 1.27 bits per heavy atom. The van der Waals surface area contributed by atoms with Crippen molar-refractivity contribution in [1.29, 1.82) is 0 Å². The highest BCUT2D eigenvalue weighted by Gasteiger charge is 2.28. The Bertz CT molecular complexity index is 893. The van der Waals surface area contributed by atoms with Gasteiger partial charge in [-0.05, 0) is 60.6 Å². The smallest absolute Gasteiger partial charge is 0.235 e. The second-order valence-electron chi connectivity index (χ2n) is 6.84. The summed E-state index contributed by atoms with van der Waals surface area (Å²) in [4.78, 5) is 4.39. The summed E-state index contributed by atoms with van der Waals surface area (Å²) in [6.45, 7) is 1.20. The molecule has 0 spiro atoms. The van der Waals surface area contributed by atoms with Crippen LogP contribution in [0.25, 0.3) is 0 Å². The van der Waals surface area contributed by atoms with Gasteiger partial charge in [-0.1, -0.05) is 6.07 Å². The first-order valence-electron chi connectivity index (χ1n) is 8.94. The van der Waals surface area contributed by atoms with Crippen molar-refractivity contribution < 1.29 is 13.2 Å². The molecule has 1 N–H and O–H groups in total. The molecule has 138 valence electrons. The van der Waals surface area contributed by atoms with Crippen LogP contribution in [0.3, 0.4) is 0 Å². The van der Waals surface area contributed by atoms with Gasteiger partial charge in [0, 0.05) is 13.1 Å². The van der Waals surface area contributed by atoms with E-state index in [1.165, 1.54) is 28.3 Å². The molecule has 0 atom stereocenters. The summed E-state index contributed by atoms with van der Waals surface area (Å²) in [6.07, 6.45) is 4.79. The second kappa shape index (κ2) is 6.79. The van der Waals surface area contributed by atoms with Crippen LogP contribution in [0.15, 0.2) is 36.5 Å². The van der Waals surface area contributed by atoms with E-state index in [1.54, 1.807) is 13.3 Å². The Morgan fingerprint density at radius 2 is 2.12 bits per heavy atom. The first-order chi connectivity index (χ1) is 12.6. The number of anilines is 2. The Labute approximate surface area is 154 Å². The third kappa shape index (κ3) is 3.49. The average molecular weight is 373 g/mol. The molecule has 0 radical (unpaired) electrons. The van der Waals surface area contributed by atoms with E-state index in [0.29, 0.717) is 31.1 Å². The van der Waals surface area contributed by atoms with E-state index < -0.39 is 10.0 Å². The third-order valence-corrected chi connectivity index (χ3v) is 6.83. The molecule has 7 heteroatoms. The van der Waals surface area contributed by atoms with Crippen molar-refractivity contribution in [2.24, 2.45) is 0 Å². The number of sulfonamides is 1. The summed E-state index contributed by atoms with van der Waals surface area (Å²) in [5.41, 5.74) is 3.23. The van der Waals surface area contributed by atoms with Gasteiger partial charge in [-0.15, -0.1) is 0 Å². The van der Waals surface area contributed by atoms with Crippen LogP contribution in [0.2, 0.25) is 0 Å². The zero-order valence-electron chi connectivity index (χ0n) is 14.8. The van der Waals surface area contributed by atoms with Gasteiger partial charge >= 0.3 is 0 Å². The number of nitrogens with one attached hydrogen (secondary N) is 1. The first kappa shape index (κ1) is 17.1. The highest BCUT2D eigenvalue weighted by Crippen LogP contribution is 2.42. The molecule has 6 nitrogen and oxygen atoms in total. The summed E-state index contributed by atoms with van der Waals surface area (Å²) in [5, 5.41) is 3.34. The number of methoxy groups -OCH3 is 1. The van der Waals surface area contributed by atoms with E-state index in [1.807, 2.05) is 18.2 Å². The topological polar surface area (TPSA) is 71.5 Å². The molecule has 1 saturated heterocycles. The van der Waals surface area contributed by atoms with Crippen LogP contribution in [0, 0.1) is 0 Å². The number of pyridine rings is 1. The van der Waals surface area contributed by atoms with Crippen molar-refractivity contribution in [3.63, 3.8) is 0 Å². The number of hydrogen-bond acceptors (Lipinski definition) is 5. The lowest BCUT2D eigenvalue weighted by Crippen LogP contribution is -2.25. The Kier molecular flexibility index (Phi) is 4.48. The molecule has 1 aliphatic carbocycles. The SMILES string of the molecule is COc1ccc(C2CC2)c(CNc2ccc(N3CCCS3(=O)=O)cn2)c1. The highest BCUT2D eigenvalue weighted by molar-refractivity contribution is 7.93. The molecule has 1 aromatic heterocycles. The molecule has 1 saturated carbocycles. The monoisotopic (exact) mass is 373 g/mol. The number of aromatic nitrogens is 1. The first-order valence-corrected chi connectivity index (χ1v) is 10.5. The minimum Gasteiger partial charge on any atom is -0.497 e. The van der Waals surface area contributed by atoms with Gasteiger partial charge in [-0.25, -0.2) is 13.4 Å². The van der Waals surface area contributed by atoms with Gasteiger partial charge in [0.25, 0.3) is 0 Å². The fraction of sp³-hybridized carbons (Fsp3) is 0.421. The zero-order valence-corrected chi connectivity index (χ0v) is 15.6. The lowest BCUT2D eigenvalue weighted by Gasteiger charge is -2.17. The lowest BCUT2D eigenvalue weighted by molar-refractivity contribution is 0.414. The maximum absolute atomic E-state index is 12.0. The molecule has 0 unspecified atom stereocenters. The minimum absolute atomic E-state index is 0.215. The predicted molar refractivity (Wildman–Crippen MR) is 102 cm³/mol. The van der Waals surface area contributed by atoms with E-state index in [0.717, 1.165) is 11.6 Å². The van der Waals surface area contributed by atoms with E-state index in [-0.39, 0.29) is 5.75 Å². The predicted octanol–water partition coefficient (Wildman–Crippen LogP) is 3.12. The lowest BCUT2D eigenvalue weighted by atomic mass is 10.0. The molecule has 2 aromatic rings. The van der Waals surface area contributed by atoms with E-state index in [4.69, 9.17) is 4.74 Å². The van der Waals surface area contributed by atoms with Crippen molar-refractivity contribution in [2.45, 2.75) is 31.7 Å². The molecule has 2 fully saturated rings. The summed E-state index contributed by atoms with van der Waals surface area (Å²) in [5.74, 6) is 2.46. The Morgan fingerprint density at radius 3 is 2.73 bits per heavy atom. The third-order valence-electron chi connectivity index (χ3n) is 4.96. The van der Waals surface area contributed by atoms with Gasteiger partial charge in [0.2, 0.25) is 10.0 Å². The van der Waals surface area contributed by atoms with Crippen LogP contribution in [0.4, 0.5) is 11.5 Å². The fourth-order valence-corrected chi connectivity index (χ4v) is 4.96. The molecule has 26 heavy (non-hydrogen) atoms. The highest BCUT2D eigenvalue weighted by atomic mass is 32.2. The molecule has 0 amide bonds. The maximum atomic E-state index is 12.0. The van der Waals surface area contributed by atoms with Gasteiger partial charge in [0.05, 0.1) is 24.7 Å². The van der Waals surface area contributed by atoms with E-state index in [2.05, 4.69) is 22.4 Å². The van der Waals surface area contributed by atoms with Gasteiger partial charge in [0.15, 0.2) is 0 Å². The molecule has 1 aliphatic heterocycles. The van der Waals surface area contributed by atoms with Crippen molar-refractivity contribution in [2.75, 3.05) is 29.0 Å². The molecule has 0 bridgehead atoms. The summed E-state index contributed by atoms with van der Waals surface area (Å²) in [6, 6.07) is 9.89. The van der Waals surface area contributed by atoms with Crippen molar-refractivity contribution >= 4 is 21.5 Å². The summed E-state index contributed by atoms with van der Waals surface area (Å²) < 4.78 is 30.8. The van der Waals surface area contributed by atoms with E-state index in [9.17, 15) is 8.42 Å². The number of ether oxygens (including phenoxy) is 1. The summed E-state index contributed by atoms with van der Waals surface area (Å²) >= 11 is 0. The van der Waals surface area contributed by atoms with Crippen LogP contribution in [0.5, 0.6) is 5.75 Å². The number of benzene rings is 1. The molecule has 1 aromatic carbocycles. The normalized spacial score (nSPS) is 18.7. The Balaban J connectivity index is 1.47. The summed E-state index contributed by atoms with van der Waals surface area (Å²) in [7, 11) is -1.49. The molecular weight excluding hydrogens is 350 g/mol. The quantitative estimate of drug-likeness (QED) is 0.842. The van der Waals surface area contributed by atoms with Gasteiger partial charge in [-0.2, -0.15) is 0 Å². The number of hydrogen-bond donors (Lipinski definition) is 1. The van der Waals surface area contributed by atoms with Crippen LogP contribution in [0.1, 0.15) is 36.3 Å². The second-order valence-corrected chi connectivity index (χ2v) is 8.85. The minimum atomic E-state index is -3.17. The largest absolute Gasteiger partial charge is 0.497 e. The molecule has 2 heterocycles. The van der Waals surface area contributed by atoms with Crippen LogP contribution in [-0.4, -0.2) is 32.8 Å². The average Bonchev–Trinajstić information content (AvgIpc) is 3.43. The van der Waals surface area contributed by atoms with Crippen molar-refractivity contribution in [3.05, 3.63) is 47.7 Å². The van der Waals surface area contributed by atoms with E-state index >= 15 is 0 Å². The molecule has 2 aliphatic rings. The van der Waals surface area contributed by atoms with Crippen molar-refractivity contribution in [3.8, 4) is 5.75 Å². The van der Waals surface area contributed by atoms with Crippen LogP contribution in [-0.2, 0) is 16.6 Å². The number of rotatable bonds is 6. The van der Waals surface area contributed by atoms with Gasteiger partial charge in [0.1, 0.15) is 11.6 Å².